The molecule has 0 fully saturated rings. The topological polar surface area (TPSA) is 80.9 Å². The first-order valence-corrected chi connectivity index (χ1v) is 3.45. The molecule has 4 N–H and O–H groups in total. The minimum Gasteiger partial charge on any atom is -0.504 e. The molecular weight excluding hydrogens is 160 g/mol. The van der Waals surface area contributed by atoms with Gasteiger partial charge in [0.25, 0.3) is 0 Å². The first-order chi connectivity index (χ1) is 5.70. The molecule has 12 heavy (non-hydrogen) atoms. The molecule has 0 amide bonds. The van der Waals surface area contributed by atoms with Crippen LogP contribution in [0, 0.1) is 0 Å². The summed E-state index contributed by atoms with van der Waals surface area (Å²) in [6, 6.07) is 2.89. The molecule has 0 bridgehead atoms. The Morgan fingerprint density at radius 2 is 1.17 bits per heavy atom. The molecule has 0 unspecified atom stereocenters. The summed E-state index contributed by atoms with van der Waals surface area (Å²) >= 11 is 0. The van der Waals surface area contributed by atoms with Gasteiger partial charge in [0.05, 0.1) is 13.2 Å². The fourth-order valence-electron chi connectivity index (χ4n) is 0.918. The van der Waals surface area contributed by atoms with E-state index in [0.717, 1.165) is 0 Å². The smallest absolute Gasteiger partial charge is 0.163 e. The Kier molecular flexibility index (Phi) is 2.52. The highest BCUT2D eigenvalue weighted by molar-refractivity contribution is 5.49. The monoisotopic (exact) mass is 170 g/mol. The van der Waals surface area contributed by atoms with Crippen LogP contribution in [-0.4, -0.2) is 20.4 Å². The van der Waals surface area contributed by atoms with E-state index in [9.17, 15) is 10.2 Å². The van der Waals surface area contributed by atoms with Crippen molar-refractivity contribution in [1.82, 2.24) is 0 Å². The quantitative estimate of drug-likeness (QED) is 0.474. The lowest BCUT2D eigenvalue weighted by Crippen LogP contribution is -1.89. The molecule has 1 aromatic rings. The minimum absolute atomic E-state index is 0.240. The van der Waals surface area contributed by atoms with Gasteiger partial charge in [-0.05, 0) is 0 Å². The maximum absolute atomic E-state index is 9.19. The average Bonchev–Trinajstić information content (AvgIpc) is 2.10. The average molecular weight is 170 g/mol. The molecule has 1 rings (SSSR count). The molecule has 0 aliphatic heterocycles. The Labute approximate surface area is 69.3 Å². The molecule has 0 saturated carbocycles. The summed E-state index contributed by atoms with van der Waals surface area (Å²) in [5.41, 5.74) is 0.481. The van der Waals surface area contributed by atoms with E-state index in [1.54, 1.807) is 0 Å². The van der Waals surface area contributed by atoms with E-state index >= 15 is 0 Å². The normalized spacial score (nSPS) is 10.2. The van der Waals surface area contributed by atoms with Crippen LogP contribution < -0.4 is 0 Å². The molecule has 0 aliphatic carbocycles. The first-order valence-electron chi connectivity index (χ1n) is 3.45. The van der Waals surface area contributed by atoms with Gasteiger partial charge in [-0.15, -0.1) is 0 Å². The summed E-state index contributed by atoms with van der Waals surface area (Å²) < 4.78 is 0. The van der Waals surface area contributed by atoms with E-state index in [1.165, 1.54) is 12.1 Å². The van der Waals surface area contributed by atoms with Crippen molar-refractivity contribution in [1.29, 1.82) is 0 Å². The van der Waals surface area contributed by atoms with Crippen LogP contribution in [-0.2, 0) is 13.2 Å². The molecule has 4 heteroatoms. The zero-order chi connectivity index (χ0) is 9.14. The van der Waals surface area contributed by atoms with Crippen molar-refractivity contribution in [2.75, 3.05) is 0 Å². The van der Waals surface area contributed by atoms with Gasteiger partial charge >= 0.3 is 0 Å². The summed E-state index contributed by atoms with van der Waals surface area (Å²) in [5, 5.41) is 35.7. The lowest BCUT2D eigenvalue weighted by atomic mass is 10.1. The highest BCUT2D eigenvalue weighted by Gasteiger charge is 2.09. The lowest BCUT2D eigenvalue weighted by molar-refractivity contribution is 0.264. The van der Waals surface area contributed by atoms with Crippen LogP contribution in [0.2, 0.25) is 0 Å². The van der Waals surface area contributed by atoms with Crippen LogP contribution in [0.3, 0.4) is 0 Å². The van der Waals surface area contributed by atoms with Gasteiger partial charge in [0.2, 0.25) is 0 Å². The molecule has 0 saturated heterocycles. The maximum atomic E-state index is 9.19. The van der Waals surface area contributed by atoms with Crippen LogP contribution in [0.4, 0.5) is 0 Å². The predicted octanol–water partition coefficient (Wildman–Crippen LogP) is 0.0824. The third kappa shape index (κ3) is 1.34. The summed E-state index contributed by atoms with van der Waals surface area (Å²) in [6.45, 7) is -0.684. The second-order valence-electron chi connectivity index (χ2n) is 2.40. The highest BCUT2D eigenvalue weighted by atomic mass is 16.3. The van der Waals surface area contributed by atoms with Gasteiger partial charge in [0.15, 0.2) is 11.5 Å². The van der Waals surface area contributed by atoms with Crippen LogP contribution in [0.25, 0.3) is 0 Å². The van der Waals surface area contributed by atoms with Gasteiger partial charge in [-0.1, -0.05) is 12.1 Å². The van der Waals surface area contributed by atoms with Crippen molar-refractivity contribution in [3.63, 3.8) is 0 Å². The summed E-state index contributed by atoms with van der Waals surface area (Å²) in [6.07, 6.45) is 0. The molecule has 0 radical (unpaired) electrons. The number of rotatable bonds is 2. The van der Waals surface area contributed by atoms with Gasteiger partial charge in [0, 0.05) is 11.1 Å². The molecule has 4 nitrogen and oxygen atoms in total. The zero-order valence-corrected chi connectivity index (χ0v) is 6.36. The third-order valence-electron chi connectivity index (χ3n) is 1.66. The van der Waals surface area contributed by atoms with Crippen molar-refractivity contribution < 1.29 is 20.4 Å². The summed E-state index contributed by atoms with van der Waals surface area (Å²) in [4.78, 5) is 0. The first kappa shape index (κ1) is 8.83. The summed E-state index contributed by atoms with van der Waals surface area (Å²) in [5.74, 6) is -0.742. The SMILES string of the molecule is OCc1ccc(CO)c(O)c1O. The van der Waals surface area contributed by atoms with Gasteiger partial charge < -0.3 is 20.4 Å². The molecule has 0 aliphatic rings. The number of aliphatic hydroxyl groups excluding tert-OH is 2. The van der Waals surface area contributed by atoms with E-state index in [2.05, 4.69) is 0 Å². The van der Waals surface area contributed by atoms with E-state index in [0.29, 0.717) is 0 Å². The van der Waals surface area contributed by atoms with Crippen molar-refractivity contribution in [3.8, 4) is 11.5 Å². The number of benzene rings is 1. The van der Waals surface area contributed by atoms with Crippen LogP contribution >= 0.6 is 0 Å². The Morgan fingerprint density at radius 3 is 1.42 bits per heavy atom. The highest BCUT2D eigenvalue weighted by Crippen LogP contribution is 2.32. The standard InChI is InChI=1S/C8H10O4/c9-3-5-1-2-6(4-10)8(12)7(5)11/h1-2,9-12H,3-4H2. The van der Waals surface area contributed by atoms with Crippen LogP contribution in [0.5, 0.6) is 11.5 Å². The number of phenols is 2. The van der Waals surface area contributed by atoms with Gasteiger partial charge in [0.1, 0.15) is 0 Å². The van der Waals surface area contributed by atoms with Crippen LogP contribution in [0.15, 0.2) is 12.1 Å². The lowest BCUT2D eigenvalue weighted by Gasteiger charge is -2.06. The second kappa shape index (κ2) is 3.42. The molecule has 0 atom stereocenters. The number of hydrogen-bond donors (Lipinski definition) is 4. The molecule has 1 aromatic carbocycles. The fraction of sp³-hybridized carbons (Fsp3) is 0.250. The van der Waals surface area contributed by atoms with Crippen molar-refractivity contribution in [2.45, 2.75) is 13.2 Å². The zero-order valence-electron chi connectivity index (χ0n) is 6.36. The number of hydrogen-bond acceptors (Lipinski definition) is 4. The molecular formula is C8H10O4. The summed E-state index contributed by atoms with van der Waals surface area (Å²) in [7, 11) is 0. The molecule has 0 aromatic heterocycles. The van der Waals surface area contributed by atoms with E-state index in [4.69, 9.17) is 10.2 Å². The minimum atomic E-state index is -0.371. The second-order valence-corrected chi connectivity index (χ2v) is 2.40. The van der Waals surface area contributed by atoms with Crippen LogP contribution in [0.1, 0.15) is 11.1 Å². The third-order valence-corrected chi connectivity index (χ3v) is 1.66. The van der Waals surface area contributed by atoms with E-state index < -0.39 is 0 Å². The maximum Gasteiger partial charge on any atom is 0.163 e. The van der Waals surface area contributed by atoms with Crippen molar-refractivity contribution in [2.24, 2.45) is 0 Å². The van der Waals surface area contributed by atoms with Crippen molar-refractivity contribution in [3.05, 3.63) is 23.3 Å². The van der Waals surface area contributed by atoms with Gasteiger partial charge in [-0.2, -0.15) is 0 Å². The Balaban J connectivity index is 3.20. The molecule has 0 heterocycles. The van der Waals surface area contributed by atoms with Crippen molar-refractivity contribution >= 4 is 0 Å². The largest absolute Gasteiger partial charge is 0.504 e. The fourth-order valence-corrected chi connectivity index (χ4v) is 0.918. The van der Waals surface area contributed by atoms with E-state index in [1.807, 2.05) is 0 Å². The molecule has 0 spiro atoms. The van der Waals surface area contributed by atoms with Gasteiger partial charge in [-0.25, -0.2) is 0 Å². The predicted molar refractivity (Wildman–Crippen MR) is 41.6 cm³/mol. The number of aromatic hydroxyl groups is 2. The number of aliphatic hydroxyl groups is 2. The van der Waals surface area contributed by atoms with E-state index in [-0.39, 0.29) is 35.8 Å². The molecule has 66 valence electrons. The Hall–Kier alpha value is -1.26. The van der Waals surface area contributed by atoms with Gasteiger partial charge in [-0.3, -0.25) is 0 Å². The Morgan fingerprint density at radius 1 is 0.833 bits per heavy atom. The Bertz CT molecular complexity index is 254.